The van der Waals surface area contributed by atoms with Gasteiger partial charge in [0, 0.05) is 5.75 Å². The largest absolute Gasteiger partial charge is 0.307 e. The van der Waals surface area contributed by atoms with Crippen LogP contribution in [0, 0.1) is 0 Å². The molecule has 0 aliphatic carbocycles. The summed E-state index contributed by atoms with van der Waals surface area (Å²) in [5.41, 5.74) is 0. The van der Waals surface area contributed by atoms with Crippen molar-refractivity contribution in [2.45, 2.75) is 103 Å². The first kappa shape index (κ1) is 24.8. The van der Waals surface area contributed by atoms with Gasteiger partial charge in [-0.25, -0.2) is 0 Å². The third-order valence-corrected chi connectivity index (χ3v) is 6.23. The predicted molar refractivity (Wildman–Crippen MR) is 118 cm³/mol. The van der Waals surface area contributed by atoms with Crippen LogP contribution >= 0.6 is 11.8 Å². The van der Waals surface area contributed by atoms with Gasteiger partial charge >= 0.3 is 5.17 Å². The Morgan fingerprint density at radius 2 is 1.00 bits per heavy atom. The minimum absolute atomic E-state index is 1.25. The first-order chi connectivity index (χ1) is 12.1. The van der Waals surface area contributed by atoms with Crippen molar-refractivity contribution in [2.75, 3.05) is 33.9 Å². The topological polar surface area (TPSA) is 6.25 Å². The van der Waals surface area contributed by atoms with Gasteiger partial charge in [-0.15, -0.1) is 0 Å². The first-order valence-electron chi connectivity index (χ1n) is 10.9. The van der Waals surface area contributed by atoms with E-state index in [1.54, 1.807) is 0 Å². The average Bonchev–Trinajstić information content (AvgIpc) is 2.57. The fourth-order valence-corrected chi connectivity index (χ4v) is 4.34. The summed E-state index contributed by atoms with van der Waals surface area (Å²) in [7, 11) is 8.53. The van der Waals surface area contributed by atoms with E-state index in [9.17, 15) is 0 Å². The van der Waals surface area contributed by atoms with Gasteiger partial charge in [-0.3, -0.25) is 9.48 Å². The SMILES string of the molecule is CCCCCCCCCCCCCCCCCSC(N(C)C)=[N+](C)C. The third kappa shape index (κ3) is 17.0. The molecule has 3 heteroatoms. The standard InChI is InChI=1S/C22H47N2S/c1-6-7-8-9-10-11-12-13-14-15-16-17-18-19-20-21-25-22(23(2)3)24(4)5/h6-21H2,1-5H3/q+1. The summed E-state index contributed by atoms with van der Waals surface area (Å²) >= 11 is 1.99. The molecule has 0 radical (unpaired) electrons. The lowest BCUT2D eigenvalue weighted by molar-refractivity contribution is -0.466. The lowest BCUT2D eigenvalue weighted by Crippen LogP contribution is -2.26. The minimum atomic E-state index is 1.25. The number of hydrogen-bond acceptors (Lipinski definition) is 1. The molecule has 0 bridgehead atoms. The number of amidine groups is 1. The molecule has 0 saturated carbocycles. The van der Waals surface area contributed by atoms with Crippen molar-refractivity contribution < 1.29 is 4.58 Å². The maximum Gasteiger partial charge on any atom is 0.307 e. The van der Waals surface area contributed by atoms with Crippen molar-refractivity contribution in [3.63, 3.8) is 0 Å². The Bertz CT molecular complexity index is 309. The minimum Gasteiger partial charge on any atom is -0.262 e. The summed E-state index contributed by atoms with van der Waals surface area (Å²) in [5, 5.41) is 1.37. The van der Waals surface area contributed by atoms with Crippen LogP contribution in [0.3, 0.4) is 0 Å². The molecule has 0 fully saturated rings. The van der Waals surface area contributed by atoms with Crippen LogP contribution in [0.4, 0.5) is 0 Å². The van der Waals surface area contributed by atoms with Gasteiger partial charge in [0.25, 0.3) is 0 Å². The van der Waals surface area contributed by atoms with Gasteiger partial charge in [0.1, 0.15) is 0 Å². The Kier molecular flexibility index (Phi) is 18.5. The smallest absolute Gasteiger partial charge is 0.262 e. The summed E-state index contributed by atoms with van der Waals surface area (Å²) in [5.74, 6) is 1.25. The molecule has 0 N–H and O–H groups in total. The fourth-order valence-electron chi connectivity index (χ4n) is 3.30. The summed E-state index contributed by atoms with van der Waals surface area (Å²) < 4.78 is 2.22. The maximum absolute atomic E-state index is 2.30. The van der Waals surface area contributed by atoms with Crippen molar-refractivity contribution in [2.24, 2.45) is 0 Å². The van der Waals surface area contributed by atoms with E-state index in [4.69, 9.17) is 0 Å². The Morgan fingerprint density at radius 1 is 0.640 bits per heavy atom. The van der Waals surface area contributed by atoms with Gasteiger partial charge < -0.3 is 0 Å². The molecule has 0 unspecified atom stereocenters. The van der Waals surface area contributed by atoms with Gasteiger partial charge in [-0.05, 0) is 18.2 Å². The molecule has 0 amide bonds. The first-order valence-corrected chi connectivity index (χ1v) is 11.9. The molecule has 0 spiro atoms. The fraction of sp³-hybridized carbons (Fsp3) is 0.955. The normalized spacial score (nSPS) is 10.9. The van der Waals surface area contributed by atoms with E-state index in [0.717, 1.165) is 0 Å². The molecule has 25 heavy (non-hydrogen) atoms. The average molecular weight is 372 g/mol. The highest BCUT2D eigenvalue weighted by atomic mass is 32.2. The van der Waals surface area contributed by atoms with Crippen LogP contribution in [0.15, 0.2) is 0 Å². The zero-order chi connectivity index (χ0) is 18.8. The van der Waals surface area contributed by atoms with Crippen LogP contribution < -0.4 is 0 Å². The summed E-state index contributed by atoms with van der Waals surface area (Å²) in [6.45, 7) is 2.30. The van der Waals surface area contributed by atoms with Gasteiger partial charge in [0.2, 0.25) is 0 Å². The number of hydrogen-bond donors (Lipinski definition) is 0. The monoisotopic (exact) mass is 371 g/mol. The molecular weight excluding hydrogens is 324 g/mol. The lowest BCUT2D eigenvalue weighted by Gasteiger charge is -2.10. The van der Waals surface area contributed by atoms with Crippen LogP contribution in [0.25, 0.3) is 0 Å². The van der Waals surface area contributed by atoms with Crippen molar-refractivity contribution in [3.05, 3.63) is 0 Å². The van der Waals surface area contributed by atoms with Crippen LogP contribution in [-0.4, -0.2) is 48.6 Å². The number of thioether (sulfide) groups is 1. The van der Waals surface area contributed by atoms with E-state index in [2.05, 4.69) is 44.6 Å². The zero-order valence-electron chi connectivity index (χ0n) is 18.1. The molecule has 0 atom stereocenters. The molecule has 0 aliphatic heterocycles. The second-order valence-electron chi connectivity index (χ2n) is 7.87. The van der Waals surface area contributed by atoms with E-state index < -0.39 is 0 Å². The van der Waals surface area contributed by atoms with Gasteiger partial charge in [0.05, 0.1) is 28.2 Å². The maximum atomic E-state index is 2.30. The Morgan fingerprint density at radius 3 is 1.32 bits per heavy atom. The van der Waals surface area contributed by atoms with Crippen LogP contribution in [-0.2, 0) is 0 Å². The highest BCUT2D eigenvalue weighted by molar-refractivity contribution is 8.13. The molecule has 0 saturated heterocycles. The number of unbranched alkanes of at least 4 members (excludes halogenated alkanes) is 14. The molecule has 0 aromatic heterocycles. The van der Waals surface area contributed by atoms with E-state index in [-0.39, 0.29) is 0 Å². The van der Waals surface area contributed by atoms with Crippen LogP contribution in [0.1, 0.15) is 103 Å². The van der Waals surface area contributed by atoms with E-state index in [1.165, 1.54) is 107 Å². The Hall–Kier alpha value is -0.180. The summed E-state index contributed by atoms with van der Waals surface area (Å²) in [4.78, 5) is 2.22. The van der Waals surface area contributed by atoms with Crippen molar-refractivity contribution in [1.82, 2.24) is 4.90 Å². The van der Waals surface area contributed by atoms with E-state index >= 15 is 0 Å². The number of nitrogens with zero attached hydrogens (tertiary/aromatic N) is 2. The highest BCUT2D eigenvalue weighted by Gasteiger charge is 2.11. The molecule has 0 heterocycles. The molecule has 0 aliphatic rings. The molecule has 2 nitrogen and oxygen atoms in total. The van der Waals surface area contributed by atoms with Crippen LogP contribution in [0.2, 0.25) is 0 Å². The molecule has 150 valence electrons. The highest BCUT2D eigenvalue weighted by Crippen LogP contribution is 2.14. The second kappa shape index (κ2) is 18.6. The van der Waals surface area contributed by atoms with Gasteiger partial charge in [0.15, 0.2) is 0 Å². The van der Waals surface area contributed by atoms with Crippen molar-refractivity contribution in [1.29, 1.82) is 0 Å². The third-order valence-electron chi connectivity index (χ3n) is 4.74. The van der Waals surface area contributed by atoms with Gasteiger partial charge in [-0.2, -0.15) is 0 Å². The predicted octanol–water partition coefficient (Wildman–Crippen LogP) is 6.78. The van der Waals surface area contributed by atoms with E-state index in [0.29, 0.717) is 0 Å². The van der Waals surface area contributed by atoms with Gasteiger partial charge in [-0.1, -0.05) is 96.8 Å². The quantitative estimate of drug-likeness (QED) is 0.128. The Balaban J connectivity index is 3.23. The zero-order valence-corrected chi connectivity index (χ0v) is 18.9. The lowest BCUT2D eigenvalue weighted by atomic mass is 10.0. The summed E-state index contributed by atoms with van der Waals surface area (Å²) in [6.07, 6.45) is 21.6. The molecule has 0 rings (SSSR count). The molecule has 0 aromatic carbocycles. The van der Waals surface area contributed by atoms with Crippen LogP contribution in [0.5, 0.6) is 0 Å². The molecule has 0 aromatic rings. The molecular formula is C22H47N2S+. The summed E-state index contributed by atoms with van der Waals surface area (Å²) in [6, 6.07) is 0. The van der Waals surface area contributed by atoms with Crippen molar-refractivity contribution >= 4 is 16.9 Å². The Labute approximate surface area is 163 Å². The van der Waals surface area contributed by atoms with Crippen molar-refractivity contribution in [3.8, 4) is 0 Å². The number of rotatable bonds is 16. The second-order valence-corrected chi connectivity index (χ2v) is 8.93. The van der Waals surface area contributed by atoms with E-state index in [1.807, 2.05) is 11.8 Å².